The van der Waals surface area contributed by atoms with E-state index in [1.165, 1.54) is 6.07 Å². The molecule has 0 bridgehead atoms. The van der Waals surface area contributed by atoms with Crippen molar-refractivity contribution in [1.29, 1.82) is 0 Å². The second-order valence-corrected chi connectivity index (χ2v) is 6.51. The van der Waals surface area contributed by atoms with Gasteiger partial charge in [0.1, 0.15) is 11.6 Å². The normalized spacial score (nSPS) is 14.1. The van der Waals surface area contributed by atoms with Crippen molar-refractivity contribution in [3.63, 3.8) is 0 Å². The molecule has 2 aromatic heterocycles. The second kappa shape index (κ2) is 6.73. The van der Waals surface area contributed by atoms with E-state index in [9.17, 15) is 20.1 Å². The SMILES string of the molecule is O=c1[nH]c(-c2ccncc2)nc2c1CN(Cc1cc(O)c(O)cc1O)CC2. The molecule has 0 radical (unpaired) electrons. The Morgan fingerprint density at radius 1 is 1.07 bits per heavy atom. The first kappa shape index (κ1) is 17.0. The topological polar surface area (TPSA) is 123 Å². The number of fused-ring (bicyclic) bond motifs is 1. The molecule has 0 amide bonds. The minimum atomic E-state index is -0.371. The minimum Gasteiger partial charge on any atom is -0.507 e. The van der Waals surface area contributed by atoms with E-state index in [2.05, 4.69) is 15.0 Å². The van der Waals surface area contributed by atoms with E-state index < -0.39 is 0 Å². The molecule has 1 aliphatic heterocycles. The van der Waals surface area contributed by atoms with E-state index in [1.54, 1.807) is 24.5 Å². The maximum absolute atomic E-state index is 12.6. The van der Waals surface area contributed by atoms with Crippen LogP contribution in [-0.4, -0.2) is 41.7 Å². The van der Waals surface area contributed by atoms with Crippen LogP contribution in [-0.2, 0) is 19.5 Å². The van der Waals surface area contributed by atoms with Crippen LogP contribution >= 0.6 is 0 Å². The average molecular weight is 366 g/mol. The third kappa shape index (κ3) is 3.34. The Bertz CT molecular complexity index is 1050. The summed E-state index contributed by atoms with van der Waals surface area (Å²) in [6.07, 6.45) is 3.90. The molecule has 8 nitrogen and oxygen atoms in total. The van der Waals surface area contributed by atoms with Gasteiger partial charge in [-0.1, -0.05) is 0 Å². The number of aromatic amines is 1. The molecule has 0 unspecified atom stereocenters. The maximum atomic E-state index is 12.6. The zero-order valence-electron chi connectivity index (χ0n) is 14.4. The zero-order valence-corrected chi connectivity index (χ0v) is 14.4. The van der Waals surface area contributed by atoms with Gasteiger partial charge in [-0.05, 0) is 18.2 Å². The summed E-state index contributed by atoms with van der Waals surface area (Å²) < 4.78 is 0. The monoisotopic (exact) mass is 366 g/mol. The molecule has 8 heteroatoms. The molecular formula is C19H18N4O4. The minimum absolute atomic E-state index is 0.101. The van der Waals surface area contributed by atoms with Gasteiger partial charge >= 0.3 is 0 Å². The number of pyridine rings is 1. The summed E-state index contributed by atoms with van der Waals surface area (Å²) in [5.74, 6) is -0.238. The number of rotatable bonds is 3. The molecule has 0 atom stereocenters. The Morgan fingerprint density at radius 2 is 1.81 bits per heavy atom. The van der Waals surface area contributed by atoms with Gasteiger partial charge in [0.15, 0.2) is 11.5 Å². The van der Waals surface area contributed by atoms with E-state index in [4.69, 9.17) is 0 Å². The van der Waals surface area contributed by atoms with Gasteiger partial charge in [0.2, 0.25) is 0 Å². The first-order valence-electron chi connectivity index (χ1n) is 8.50. The fraction of sp³-hybridized carbons (Fsp3) is 0.211. The smallest absolute Gasteiger partial charge is 0.255 e. The van der Waals surface area contributed by atoms with Gasteiger partial charge < -0.3 is 20.3 Å². The second-order valence-electron chi connectivity index (χ2n) is 6.51. The van der Waals surface area contributed by atoms with Crippen LogP contribution in [0, 0.1) is 0 Å². The Labute approximate surface area is 154 Å². The van der Waals surface area contributed by atoms with E-state index in [0.29, 0.717) is 43.0 Å². The van der Waals surface area contributed by atoms with E-state index >= 15 is 0 Å². The first-order chi connectivity index (χ1) is 13.0. The lowest BCUT2D eigenvalue weighted by molar-refractivity contribution is 0.238. The summed E-state index contributed by atoms with van der Waals surface area (Å²) in [7, 11) is 0. The van der Waals surface area contributed by atoms with Crippen molar-refractivity contribution < 1.29 is 15.3 Å². The summed E-state index contributed by atoms with van der Waals surface area (Å²) in [6, 6.07) is 6.02. The summed E-state index contributed by atoms with van der Waals surface area (Å²) in [4.78, 5) is 25.9. The Morgan fingerprint density at radius 3 is 2.59 bits per heavy atom. The lowest BCUT2D eigenvalue weighted by Gasteiger charge is -2.28. The van der Waals surface area contributed by atoms with Crippen LogP contribution in [0.5, 0.6) is 17.2 Å². The Hall–Kier alpha value is -3.39. The van der Waals surface area contributed by atoms with Crippen LogP contribution in [0.15, 0.2) is 41.5 Å². The maximum Gasteiger partial charge on any atom is 0.255 e. The van der Waals surface area contributed by atoms with Crippen LogP contribution in [0.2, 0.25) is 0 Å². The number of aromatic hydroxyl groups is 3. The predicted octanol–water partition coefficient (Wildman–Crippen LogP) is 1.51. The fourth-order valence-electron chi connectivity index (χ4n) is 3.24. The number of nitrogens with one attached hydrogen (secondary N) is 1. The quantitative estimate of drug-likeness (QED) is 0.409. The fourth-order valence-corrected chi connectivity index (χ4v) is 3.24. The lowest BCUT2D eigenvalue weighted by Crippen LogP contribution is -2.35. The van der Waals surface area contributed by atoms with Crippen LogP contribution in [0.1, 0.15) is 16.8 Å². The predicted molar refractivity (Wildman–Crippen MR) is 97.3 cm³/mol. The molecule has 27 heavy (non-hydrogen) atoms. The third-order valence-electron chi connectivity index (χ3n) is 4.67. The van der Waals surface area contributed by atoms with Crippen LogP contribution in [0.3, 0.4) is 0 Å². The standard InChI is InChI=1S/C19H18N4O4/c24-15-8-17(26)16(25)7-12(15)9-23-6-3-14-13(10-23)19(27)22-18(21-14)11-1-4-20-5-2-11/h1-2,4-5,7-8,24-26H,3,6,9-10H2,(H,21,22,27). The number of hydrogen-bond donors (Lipinski definition) is 4. The van der Waals surface area contributed by atoms with E-state index in [0.717, 1.165) is 17.3 Å². The van der Waals surface area contributed by atoms with E-state index in [-0.39, 0.29) is 22.8 Å². The highest BCUT2D eigenvalue weighted by Crippen LogP contribution is 2.33. The molecule has 0 saturated carbocycles. The molecular weight excluding hydrogens is 348 g/mol. The van der Waals surface area contributed by atoms with Crippen molar-refractivity contribution >= 4 is 0 Å². The van der Waals surface area contributed by atoms with Crippen molar-refractivity contribution in [2.75, 3.05) is 6.54 Å². The van der Waals surface area contributed by atoms with E-state index in [1.807, 2.05) is 4.90 Å². The number of H-pyrrole nitrogens is 1. The zero-order chi connectivity index (χ0) is 19.0. The Balaban J connectivity index is 1.59. The van der Waals surface area contributed by atoms with Gasteiger partial charge in [-0.15, -0.1) is 0 Å². The van der Waals surface area contributed by atoms with Crippen molar-refractivity contribution in [3.05, 3.63) is 63.8 Å². The van der Waals surface area contributed by atoms with Gasteiger partial charge in [-0.25, -0.2) is 4.98 Å². The largest absolute Gasteiger partial charge is 0.507 e. The van der Waals surface area contributed by atoms with Crippen LogP contribution in [0.25, 0.3) is 11.4 Å². The number of aromatic nitrogens is 3. The molecule has 4 N–H and O–H groups in total. The summed E-state index contributed by atoms with van der Waals surface area (Å²) in [5, 5.41) is 29.1. The number of benzene rings is 1. The molecule has 3 heterocycles. The lowest BCUT2D eigenvalue weighted by atomic mass is 10.0. The summed E-state index contributed by atoms with van der Waals surface area (Å²) >= 11 is 0. The molecule has 4 rings (SSSR count). The molecule has 1 aromatic carbocycles. The van der Waals surface area contributed by atoms with Crippen molar-refractivity contribution in [1.82, 2.24) is 19.9 Å². The summed E-state index contributed by atoms with van der Waals surface area (Å²) in [6.45, 7) is 1.38. The van der Waals surface area contributed by atoms with Crippen molar-refractivity contribution in [2.45, 2.75) is 19.5 Å². The average Bonchev–Trinajstić information content (AvgIpc) is 2.67. The van der Waals surface area contributed by atoms with Gasteiger partial charge in [0, 0.05) is 55.6 Å². The molecule has 1 aliphatic rings. The third-order valence-corrected chi connectivity index (χ3v) is 4.67. The van der Waals surface area contributed by atoms with Crippen LogP contribution in [0.4, 0.5) is 0 Å². The van der Waals surface area contributed by atoms with Crippen molar-refractivity contribution in [3.8, 4) is 28.6 Å². The number of hydrogen-bond acceptors (Lipinski definition) is 7. The van der Waals surface area contributed by atoms with Crippen molar-refractivity contribution in [2.24, 2.45) is 0 Å². The number of phenolic OH excluding ortho intramolecular Hbond substituents is 3. The summed E-state index contributed by atoms with van der Waals surface area (Å²) in [5.41, 5.74) is 2.46. The highest BCUT2D eigenvalue weighted by molar-refractivity contribution is 5.54. The molecule has 0 spiro atoms. The number of phenols is 3. The van der Waals surface area contributed by atoms with Gasteiger partial charge in [-0.3, -0.25) is 14.7 Å². The molecule has 3 aromatic rings. The van der Waals surface area contributed by atoms with Gasteiger partial charge in [-0.2, -0.15) is 0 Å². The highest BCUT2D eigenvalue weighted by Gasteiger charge is 2.22. The molecule has 138 valence electrons. The number of nitrogens with zero attached hydrogens (tertiary/aromatic N) is 3. The highest BCUT2D eigenvalue weighted by atomic mass is 16.3. The van der Waals surface area contributed by atoms with Crippen LogP contribution < -0.4 is 5.56 Å². The molecule has 0 saturated heterocycles. The molecule has 0 aliphatic carbocycles. The first-order valence-corrected chi connectivity index (χ1v) is 8.50. The Kier molecular flexibility index (Phi) is 4.25. The van der Waals surface area contributed by atoms with Gasteiger partial charge in [0.05, 0.1) is 11.3 Å². The van der Waals surface area contributed by atoms with Gasteiger partial charge in [0.25, 0.3) is 5.56 Å². The molecule has 0 fully saturated rings.